The molecule has 1 N–H and O–H groups in total. The summed E-state index contributed by atoms with van der Waals surface area (Å²) in [4.78, 5) is 12.8. The lowest BCUT2D eigenvalue weighted by Crippen LogP contribution is -2.62. The summed E-state index contributed by atoms with van der Waals surface area (Å²) in [6, 6.07) is 4.26. The van der Waals surface area contributed by atoms with Crippen molar-refractivity contribution in [3.05, 3.63) is 28.2 Å². The van der Waals surface area contributed by atoms with Crippen molar-refractivity contribution in [3.63, 3.8) is 0 Å². The fourth-order valence-electron chi connectivity index (χ4n) is 3.60. The normalized spacial score (nSPS) is 26.3. The molecule has 2 aliphatic rings. The van der Waals surface area contributed by atoms with E-state index < -0.39 is 29.8 Å². The molecular weight excluding hydrogens is 420 g/mol. The first-order valence-corrected chi connectivity index (χ1v) is 9.63. The van der Waals surface area contributed by atoms with Gasteiger partial charge in [-0.3, -0.25) is 4.79 Å². The Morgan fingerprint density at radius 2 is 2.07 bits per heavy atom. The average molecular weight is 439 g/mol. The van der Waals surface area contributed by atoms with Crippen LogP contribution in [0.15, 0.2) is 23.3 Å². The van der Waals surface area contributed by atoms with Crippen LogP contribution in [-0.2, 0) is 4.79 Å². The van der Waals surface area contributed by atoms with E-state index in [1.165, 1.54) is 25.1 Å². The van der Waals surface area contributed by atoms with E-state index in [1.54, 1.807) is 0 Å². The van der Waals surface area contributed by atoms with Crippen LogP contribution < -0.4 is 4.74 Å². The molecule has 0 saturated heterocycles. The first-order valence-electron chi connectivity index (χ1n) is 8.88. The van der Waals surface area contributed by atoms with Crippen LogP contribution in [0.2, 0.25) is 10.0 Å². The highest BCUT2D eigenvalue weighted by Gasteiger charge is 2.68. The van der Waals surface area contributed by atoms with Gasteiger partial charge < -0.3 is 9.84 Å². The number of rotatable bonds is 3. The lowest BCUT2D eigenvalue weighted by Gasteiger charge is -2.37. The van der Waals surface area contributed by atoms with Crippen molar-refractivity contribution in [2.24, 2.45) is 11.0 Å². The van der Waals surface area contributed by atoms with Gasteiger partial charge in [0.15, 0.2) is 6.10 Å². The summed E-state index contributed by atoms with van der Waals surface area (Å²) in [5.74, 6) is -2.29. The number of hydrogen-bond acceptors (Lipinski definition) is 4. The SMILES string of the molecule is C[C@H](Oc1ccc(Cl)cc1Cl)C(=O)N1N=C2CCCCC[C@@H]2[C@@]1(O)C(F)(F)F. The van der Waals surface area contributed by atoms with Gasteiger partial charge in [0.1, 0.15) is 5.75 Å². The minimum absolute atomic E-state index is 0.0866. The number of fused-ring (bicyclic) bond motifs is 1. The molecule has 0 radical (unpaired) electrons. The molecule has 1 amide bonds. The minimum Gasteiger partial charge on any atom is -0.479 e. The highest BCUT2D eigenvalue weighted by molar-refractivity contribution is 6.35. The predicted octanol–water partition coefficient (Wildman–Crippen LogP) is 4.79. The zero-order valence-electron chi connectivity index (χ0n) is 15.0. The molecule has 3 rings (SSSR count). The van der Waals surface area contributed by atoms with Crippen LogP contribution in [0.4, 0.5) is 13.2 Å². The van der Waals surface area contributed by atoms with Crippen LogP contribution in [0, 0.1) is 5.92 Å². The molecule has 1 aromatic carbocycles. The predicted molar refractivity (Wildman–Crippen MR) is 98.4 cm³/mol. The Hall–Kier alpha value is -1.51. The highest BCUT2D eigenvalue weighted by Crippen LogP contribution is 2.47. The smallest absolute Gasteiger partial charge is 0.439 e. The Balaban J connectivity index is 1.89. The third-order valence-electron chi connectivity index (χ3n) is 5.04. The van der Waals surface area contributed by atoms with E-state index in [2.05, 4.69) is 5.10 Å². The molecule has 1 aromatic rings. The van der Waals surface area contributed by atoms with Crippen molar-refractivity contribution in [3.8, 4) is 5.75 Å². The summed E-state index contributed by atoms with van der Waals surface area (Å²) in [5, 5.41) is 15.1. The van der Waals surface area contributed by atoms with Crippen LogP contribution in [0.5, 0.6) is 5.75 Å². The summed E-state index contributed by atoms with van der Waals surface area (Å²) < 4.78 is 47.0. The molecule has 0 unspecified atom stereocenters. The van der Waals surface area contributed by atoms with E-state index in [0.29, 0.717) is 24.3 Å². The van der Waals surface area contributed by atoms with Gasteiger partial charge in [-0.1, -0.05) is 36.0 Å². The standard InChI is InChI=1S/C18H19Cl2F3N2O3/c1-10(28-15-8-7-11(19)9-13(15)20)16(26)25-17(27,18(21,22)23)12-5-3-2-4-6-14(12)24-25/h7-10,12,27H,2-6H2,1H3/t10-,12-,17+/m0/s1. The van der Waals surface area contributed by atoms with Crippen molar-refractivity contribution in [2.75, 3.05) is 0 Å². The van der Waals surface area contributed by atoms with E-state index in [0.717, 1.165) is 6.42 Å². The molecule has 1 aliphatic heterocycles. The van der Waals surface area contributed by atoms with Crippen LogP contribution >= 0.6 is 23.2 Å². The second-order valence-corrected chi connectivity index (χ2v) is 7.80. The number of aliphatic hydroxyl groups is 1. The average Bonchev–Trinajstić information content (AvgIpc) is 2.76. The first kappa shape index (κ1) is 21.2. The Morgan fingerprint density at radius 3 is 2.71 bits per heavy atom. The number of alkyl halides is 3. The molecule has 0 spiro atoms. The number of benzene rings is 1. The Labute approximate surface area is 170 Å². The van der Waals surface area contributed by atoms with Crippen molar-refractivity contribution in [2.45, 2.75) is 57.0 Å². The number of amides is 1. The van der Waals surface area contributed by atoms with Gasteiger partial charge in [-0.2, -0.15) is 23.3 Å². The number of nitrogens with zero attached hydrogens (tertiary/aromatic N) is 2. The lowest BCUT2D eigenvalue weighted by atomic mass is 9.87. The summed E-state index contributed by atoms with van der Waals surface area (Å²) in [5.41, 5.74) is -3.19. The van der Waals surface area contributed by atoms with E-state index in [4.69, 9.17) is 27.9 Å². The molecule has 3 atom stereocenters. The molecule has 5 nitrogen and oxygen atoms in total. The molecular formula is C18H19Cl2F3N2O3. The van der Waals surface area contributed by atoms with Crippen LogP contribution in [0.1, 0.15) is 39.0 Å². The zero-order valence-corrected chi connectivity index (χ0v) is 16.5. The fourth-order valence-corrected chi connectivity index (χ4v) is 4.05. The molecule has 1 saturated carbocycles. The molecule has 0 aromatic heterocycles. The van der Waals surface area contributed by atoms with Crippen molar-refractivity contribution < 1.29 is 27.8 Å². The highest BCUT2D eigenvalue weighted by atomic mass is 35.5. The van der Waals surface area contributed by atoms with Gasteiger partial charge in [0.2, 0.25) is 0 Å². The first-order chi connectivity index (χ1) is 13.1. The van der Waals surface area contributed by atoms with Gasteiger partial charge in [0, 0.05) is 10.7 Å². The van der Waals surface area contributed by atoms with Gasteiger partial charge in [0.05, 0.1) is 10.9 Å². The van der Waals surface area contributed by atoms with E-state index in [9.17, 15) is 23.1 Å². The number of hydrogen-bond donors (Lipinski definition) is 1. The van der Waals surface area contributed by atoms with E-state index >= 15 is 0 Å². The van der Waals surface area contributed by atoms with Crippen LogP contribution in [0.25, 0.3) is 0 Å². The second kappa shape index (κ2) is 7.72. The number of halogens is 5. The number of hydrazone groups is 1. The van der Waals surface area contributed by atoms with E-state index in [1.807, 2.05) is 0 Å². The quantitative estimate of drug-likeness (QED) is 0.737. The molecule has 1 heterocycles. The molecule has 0 bridgehead atoms. The number of ether oxygens (including phenoxy) is 1. The summed E-state index contributed by atoms with van der Waals surface area (Å²) >= 11 is 11.8. The Morgan fingerprint density at radius 1 is 1.36 bits per heavy atom. The molecule has 1 fully saturated rings. The third kappa shape index (κ3) is 3.69. The maximum absolute atomic E-state index is 13.9. The minimum atomic E-state index is -5.07. The molecule has 154 valence electrons. The van der Waals surface area contributed by atoms with Crippen LogP contribution in [0.3, 0.4) is 0 Å². The van der Waals surface area contributed by atoms with E-state index in [-0.39, 0.29) is 27.9 Å². The summed E-state index contributed by atoms with van der Waals surface area (Å²) in [6.45, 7) is 1.28. The fraction of sp³-hybridized carbons (Fsp3) is 0.556. The zero-order chi connectivity index (χ0) is 20.7. The van der Waals surface area contributed by atoms with Gasteiger partial charge in [-0.15, -0.1) is 0 Å². The Bertz CT molecular complexity index is 803. The maximum Gasteiger partial charge on any atom is 0.439 e. The van der Waals surface area contributed by atoms with Crippen molar-refractivity contribution >= 4 is 34.8 Å². The summed E-state index contributed by atoms with van der Waals surface area (Å²) in [7, 11) is 0. The molecule has 10 heteroatoms. The molecule has 1 aliphatic carbocycles. The second-order valence-electron chi connectivity index (χ2n) is 6.95. The van der Waals surface area contributed by atoms with Crippen molar-refractivity contribution in [1.82, 2.24) is 5.01 Å². The van der Waals surface area contributed by atoms with Gasteiger partial charge in [-0.05, 0) is 44.4 Å². The monoisotopic (exact) mass is 438 g/mol. The maximum atomic E-state index is 13.9. The van der Waals surface area contributed by atoms with Crippen molar-refractivity contribution in [1.29, 1.82) is 0 Å². The topological polar surface area (TPSA) is 62.1 Å². The Kier molecular flexibility index (Phi) is 5.85. The number of carbonyl (C=O) groups excluding carboxylic acids is 1. The van der Waals surface area contributed by atoms with Gasteiger partial charge in [-0.25, -0.2) is 0 Å². The largest absolute Gasteiger partial charge is 0.479 e. The van der Waals surface area contributed by atoms with Crippen LogP contribution in [-0.4, -0.2) is 39.7 Å². The van der Waals surface area contributed by atoms with Gasteiger partial charge >= 0.3 is 6.18 Å². The molecule has 28 heavy (non-hydrogen) atoms. The third-order valence-corrected chi connectivity index (χ3v) is 5.57. The lowest BCUT2D eigenvalue weighted by molar-refractivity contribution is -0.317. The summed E-state index contributed by atoms with van der Waals surface area (Å²) in [6.07, 6.45) is -4.07. The van der Waals surface area contributed by atoms with Gasteiger partial charge in [0.25, 0.3) is 11.6 Å². The number of carbonyl (C=O) groups is 1.